The van der Waals surface area contributed by atoms with Crippen LogP contribution >= 0.6 is 0 Å². The van der Waals surface area contributed by atoms with Crippen LogP contribution in [0, 0.1) is 6.92 Å². The summed E-state index contributed by atoms with van der Waals surface area (Å²) in [7, 11) is 0. The molecular weight excluding hydrogens is 426 g/mol. The Morgan fingerprint density at radius 2 is 1.74 bits per heavy atom. The SMILES string of the molecule is Cc1ccc(C2c3[nH]c4ccccc4c3CCN2C(=O)CNC(=O)OCc2ccccc2)cc1. The van der Waals surface area contributed by atoms with Gasteiger partial charge in [0.05, 0.1) is 6.04 Å². The van der Waals surface area contributed by atoms with E-state index in [0.29, 0.717) is 6.54 Å². The van der Waals surface area contributed by atoms with Crippen LogP contribution in [0.1, 0.15) is 34.0 Å². The van der Waals surface area contributed by atoms with E-state index in [2.05, 4.69) is 46.7 Å². The zero-order valence-corrected chi connectivity index (χ0v) is 19.1. The second kappa shape index (κ2) is 9.43. The van der Waals surface area contributed by atoms with E-state index in [9.17, 15) is 9.59 Å². The molecule has 1 unspecified atom stereocenters. The molecule has 172 valence electrons. The zero-order valence-electron chi connectivity index (χ0n) is 19.1. The van der Waals surface area contributed by atoms with E-state index in [0.717, 1.165) is 34.3 Å². The number of benzene rings is 3. The molecule has 1 atom stereocenters. The molecular formula is C28H27N3O3. The van der Waals surface area contributed by atoms with E-state index < -0.39 is 6.09 Å². The van der Waals surface area contributed by atoms with E-state index >= 15 is 0 Å². The molecule has 0 radical (unpaired) electrons. The average Bonchev–Trinajstić information content (AvgIpc) is 3.25. The minimum atomic E-state index is -0.604. The molecule has 3 aromatic carbocycles. The summed E-state index contributed by atoms with van der Waals surface area (Å²) < 4.78 is 5.26. The van der Waals surface area contributed by atoms with Gasteiger partial charge in [-0.3, -0.25) is 4.79 Å². The number of amides is 2. The summed E-state index contributed by atoms with van der Waals surface area (Å²) in [6, 6.07) is 25.7. The third-order valence-corrected chi connectivity index (χ3v) is 6.34. The number of carbonyl (C=O) groups excluding carboxylic acids is 2. The quantitative estimate of drug-likeness (QED) is 0.452. The van der Waals surface area contributed by atoms with Crippen molar-refractivity contribution < 1.29 is 14.3 Å². The van der Waals surface area contributed by atoms with E-state index in [4.69, 9.17) is 4.74 Å². The first-order valence-electron chi connectivity index (χ1n) is 11.5. The zero-order chi connectivity index (χ0) is 23.5. The first-order valence-corrected chi connectivity index (χ1v) is 11.5. The lowest BCUT2D eigenvalue weighted by Crippen LogP contribution is -2.45. The molecule has 6 nitrogen and oxygen atoms in total. The maximum Gasteiger partial charge on any atom is 0.407 e. The normalized spacial score (nSPS) is 15.1. The van der Waals surface area contributed by atoms with Crippen molar-refractivity contribution in [3.8, 4) is 0 Å². The number of para-hydroxylation sites is 1. The highest BCUT2D eigenvalue weighted by molar-refractivity contribution is 5.87. The van der Waals surface area contributed by atoms with Crippen LogP contribution in [0.5, 0.6) is 0 Å². The van der Waals surface area contributed by atoms with Crippen molar-refractivity contribution >= 4 is 22.9 Å². The first-order chi connectivity index (χ1) is 16.6. The Morgan fingerprint density at radius 3 is 2.53 bits per heavy atom. The lowest BCUT2D eigenvalue weighted by molar-refractivity contribution is -0.132. The van der Waals surface area contributed by atoms with Crippen LogP contribution in [0.25, 0.3) is 10.9 Å². The Morgan fingerprint density at radius 1 is 1.00 bits per heavy atom. The van der Waals surface area contributed by atoms with Gasteiger partial charge < -0.3 is 19.9 Å². The molecule has 1 aliphatic rings. The minimum absolute atomic E-state index is 0.119. The maximum atomic E-state index is 13.3. The number of ether oxygens (including phenoxy) is 1. The number of aromatic amines is 1. The molecule has 0 fully saturated rings. The number of hydrogen-bond acceptors (Lipinski definition) is 3. The van der Waals surface area contributed by atoms with Gasteiger partial charge in [0, 0.05) is 23.1 Å². The van der Waals surface area contributed by atoms with Gasteiger partial charge in [0.25, 0.3) is 0 Å². The molecule has 4 aromatic rings. The molecule has 1 aromatic heterocycles. The molecule has 1 aliphatic heterocycles. The second-order valence-corrected chi connectivity index (χ2v) is 8.63. The molecule has 34 heavy (non-hydrogen) atoms. The Kier molecular flexibility index (Phi) is 6.04. The Bertz CT molecular complexity index is 1310. The Hall–Kier alpha value is -4.06. The maximum absolute atomic E-state index is 13.3. The molecule has 0 saturated heterocycles. The smallest absolute Gasteiger partial charge is 0.407 e. The summed E-state index contributed by atoms with van der Waals surface area (Å²) in [6.07, 6.45) is 0.152. The lowest BCUT2D eigenvalue weighted by atomic mass is 9.92. The number of rotatable bonds is 5. The fourth-order valence-corrected chi connectivity index (χ4v) is 4.63. The summed E-state index contributed by atoms with van der Waals surface area (Å²) in [6.45, 7) is 2.67. The second-order valence-electron chi connectivity index (χ2n) is 8.63. The van der Waals surface area contributed by atoms with E-state index in [1.54, 1.807) is 0 Å². The van der Waals surface area contributed by atoms with Crippen molar-refractivity contribution in [3.05, 3.63) is 107 Å². The lowest BCUT2D eigenvalue weighted by Gasteiger charge is -2.36. The molecule has 6 heteroatoms. The van der Waals surface area contributed by atoms with Crippen LogP contribution in [0.4, 0.5) is 4.79 Å². The number of carbonyl (C=O) groups is 2. The van der Waals surface area contributed by atoms with Gasteiger partial charge in [-0.1, -0.05) is 78.4 Å². The summed E-state index contributed by atoms with van der Waals surface area (Å²) in [5, 5.41) is 3.82. The van der Waals surface area contributed by atoms with Gasteiger partial charge in [-0.2, -0.15) is 0 Å². The number of H-pyrrole nitrogens is 1. The molecule has 2 N–H and O–H groups in total. The molecule has 0 bridgehead atoms. The Balaban J connectivity index is 1.35. The highest BCUT2D eigenvalue weighted by Crippen LogP contribution is 2.38. The van der Waals surface area contributed by atoms with Crippen molar-refractivity contribution in [2.75, 3.05) is 13.1 Å². The van der Waals surface area contributed by atoms with Gasteiger partial charge >= 0.3 is 6.09 Å². The molecule has 2 heterocycles. The number of nitrogens with zero attached hydrogens (tertiary/aromatic N) is 1. The average molecular weight is 454 g/mol. The van der Waals surface area contributed by atoms with Gasteiger partial charge in [0.1, 0.15) is 13.2 Å². The summed E-state index contributed by atoms with van der Waals surface area (Å²) in [5.41, 5.74) is 6.46. The van der Waals surface area contributed by atoms with Crippen molar-refractivity contribution in [2.45, 2.75) is 26.0 Å². The van der Waals surface area contributed by atoms with Gasteiger partial charge in [-0.25, -0.2) is 4.79 Å². The molecule has 0 saturated carbocycles. The summed E-state index contributed by atoms with van der Waals surface area (Å²) >= 11 is 0. The number of nitrogens with one attached hydrogen (secondary N) is 2. The monoisotopic (exact) mass is 453 g/mol. The summed E-state index contributed by atoms with van der Waals surface area (Å²) in [4.78, 5) is 30.9. The van der Waals surface area contributed by atoms with Gasteiger partial charge in [-0.15, -0.1) is 0 Å². The van der Waals surface area contributed by atoms with Crippen LogP contribution < -0.4 is 5.32 Å². The third kappa shape index (κ3) is 4.39. The van der Waals surface area contributed by atoms with E-state index in [1.807, 2.05) is 54.3 Å². The fourth-order valence-electron chi connectivity index (χ4n) is 4.63. The van der Waals surface area contributed by atoms with Crippen LogP contribution in [-0.2, 0) is 22.6 Å². The Labute approximate surface area is 198 Å². The summed E-state index contributed by atoms with van der Waals surface area (Å²) in [5.74, 6) is -0.147. The van der Waals surface area contributed by atoms with Crippen LogP contribution in [-0.4, -0.2) is 35.0 Å². The number of fused-ring (bicyclic) bond motifs is 3. The number of hydrogen-bond donors (Lipinski definition) is 2. The van der Waals surface area contributed by atoms with E-state index in [-0.39, 0.29) is 25.1 Å². The van der Waals surface area contributed by atoms with E-state index in [1.165, 1.54) is 10.9 Å². The molecule has 0 spiro atoms. The highest BCUT2D eigenvalue weighted by Gasteiger charge is 2.34. The number of aryl methyl sites for hydroxylation is 1. The molecule has 5 rings (SSSR count). The van der Waals surface area contributed by atoms with Gasteiger partial charge in [-0.05, 0) is 36.1 Å². The van der Waals surface area contributed by atoms with Crippen molar-refractivity contribution in [1.82, 2.24) is 15.2 Å². The van der Waals surface area contributed by atoms with Crippen LogP contribution in [0.15, 0.2) is 78.9 Å². The molecule has 2 amide bonds. The van der Waals surface area contributed by atoms with Crippen molar-refractivity contribution in [1.29, 1.82) is 0 Å². The van der Waals surface area contributed by atoms with Gasteiger partial charge in [0.2, 0.25) is 5.91 Å². The minimum Gasteiger partial charge on any atom is -0.445 e. The number of aromatic nitrogens is 1. The standard InChI is InChI=1S/C28H27N3O3/c1-19-11-13-21(14-12-19)27-26-23(22-9-5-6-10-24(22)30-26)15-16-31(27)25(32)17-29-28(33)34-18-20-7-3-2-4-8-20/h2-14,27,30H,15-18H2,1H3,(H,29,33). The molecule has 0 aliphatic carbocycles. The largest absolute Gasteiger partial charge is 0.445 e. The van der Waals surface area contributed by atoms with Crippen LogP contribution in [0.3, 0.4) is 0 Å². The topological polar surface area (TPSA) is 74.4 Å². The van der Waals surface area contributed by atoms with Gasteiger partial charge in [0.15, 0.2) is 0 Å². The first kappa shape index (κ1) is 21.8. The third-order valence-electron chi connectivity index (χ3n) is 6.34. The number of alkyl carbamates (subject to hydrolysis) is 1. The highest BCUT2D eigenvalue weighted by atomic mass is 16.5. The van der Waals surface area contributed by atoms with Crippen molar-refractivity contribution in [3.63, 3.8) is 0 Å². The fraction of sp³-hybridized carbons (Fsp3) is 0.214. The predicted octanol–water partition coefficient (Wildman–Crippen LogP) is 4.88. The van der Waals surface area contributed by atoms with Crippen LogP contribution in [0.2, 0.25) is 0 Å². The van der Waals surface area contributed by atoms with Crippen molar-refractivity contribution in [2.24, 2.45) is 0 Å². The predicted molar refractivity (Wildman–Crippen MR) is 131 cm³/mol.